The molecule has 0 saturated carbocycles. The van der Waals surface area contributed by atoms with Gasteiger partial charge in [0, 0.05) is 0 Å². The highest BCUT2D eigenvalue weighted by molar-refractivity contribution is 5.81. The van der Waals surface area contributed by atoms with Gasteiger partial charge in [0.25, 0.3) is 0 Å². The first kappa shape index (κ1) is 11.5. The van der Waals surface area contributed by atoms with Gasteiger partial charge < -0.3 is 5.21 Å². The molecular formula is C10H21NO. The Hall–Kier alpha value is -0.530. The van der Waals surface area contributed by atoms with Gasteiger partial charge in [0.05, 0.1) is 5.71 Å². The molecular weight excluding hydrogens is 150 g/mol. The summed E-state index contributed by atoms with van der Waals surface area (Å²) in [6.07, 6.45) is 8.72. The zero-order chi connectivity index (χ0) is 9.23. The van der Waals surface area contributed by atoms with E-state index < -0.39 is 0 Å². The molecule has 0 rings (SSSR count). The van der Waals surface area contributed by atoms with Crippen LogP contribution in [0.1, 0.15) is 58.8 Å². The molecule has 0 amide bonds. The second-order valence-electron chi connectivity index (χ2n) is 3.35. The summed E-state index contributed by atoms with van der Waals surface area (Å²) in [6, 6.07) is 0. The zero-order valence-electron chi connectivity index (χ0n) is 8.34. The Bertz CT molecular complexity index is 121. The fourth-order valence-corrected chi connectivity index (χ4v) is 1.21. The summed E-state index contributed by atoms with van der Waals surface area (Å²) in [4.78, 5) is 0. The lowest BCUT2D eigenvalue weighted by Gasteiger charge is -1.99. The number of rotatable bonds is 7. The summed E-state index contributed by atoms with van der Waals surface area (Å²) < 4.78 is 0. The van der Waals surface area contributed by atoms with Gasteiger partial charge in [0.1, 0.15) is 0 Å². The molecule has 2 heteroatoms. The van der Waals surface area contributed by atoms with Crippen LogP contribution in [0.3, 0.4) is 0 Å². The van der Waals surface area contributed by atoms with Crippen LogP contribution in [-0.2, 0) is 0 Å². The molecule has 0 aliphatic carbocycles. The van der Waals surface area contributed by atoms with Gasteiger partial charge in [-0.2, -0.15) is 0 Å². The van der Waals surface area contributed by atoms with Crippen molar-refractivity contribution in [1.82, 2.24) is 0 Å². The van der Waals surface area contributed by atoms with E-state index in [0.717, 1.165) is 12.1 Å². The lowest BCUT2D eigenvalue weighted by molar-refractivity contribution is 0.317. The van der Waals surface area contributed by atoms with Crippen molar-refractivity contribution in [2.45, 2.75) is 58.8 Å². The van der Waals surface area contributed by atoms with Gasteiger partial charge >= 0.3 is 0 Å². The summed E-state index contributed by atoms with van der Waals surface area (Å²) in [7, 11) is 0. The molecule has 0 aliphatic rings. The third-order valence-corrected chi connectivity index (χ3v) is 2.06. The van der Waals surface area contributed by atoms with Gasteiger partial charge in [0.2, 0.25) is 0 Å². The predicted molar refractivity (Wildman–Crippen MR) is 52.9 cm³/mol. The number of hydrogen-bond donors (Lipinski definition) is 1. The standard InChI is InChI=1S/C10H21NO/c1-3-4-5-6-7-8-9-10(2)11-12/h12H,3-9H2,1-2H3. The van der Waals surface area contributed by atoms with Gasteiger partial charge in [-0.1, -0.05) is 44.2 Å². The minimum atomic E-state index is 0.852. The van der Waals surface area contributed by atoms with Gasteiger partial charge in [0.15, 0.2) is 0 Å². The minimum Gasteiger partial charge on any atom is -0.411 e. The SMILES string of the molecule is CCCCCCCCC(C)=NO. The molecule has 2 nitrogen and oxygen atoms in total. The Kier molecular flexibility index (Phi) is 8.19. The van der Waals surface area contributed by atoms with Crippen LogP contribution < -0.4 is 0 Å². The maximum absolute atomic E-state index is 8.36. The summed E-state index contributed by atoms with van der Waals surface area (Å²) in [5.41, 5.74) is 0.852. The molecule has 72 valence electrons. The van der Waals surface area contributed by atoms with Crippen LogP contribution in [-0.4, -0.2) is 10.9 Å². The molecule has 0 spiro atoms. The van der Waals surface area contributed by atoms with Crippen molar-refractivity contribution in [2.75, 3.05) is 0 Å². The Balaban J connectivity index is 3.00. The normalized spacial score (nSPS) is 12.0. The van der Waals surface area contributed by atoms with Crippen molar-refractivity contribution in [2.24, 2.45) is 5.16 Å². The van der Waals surface area contributed by atoms with E-state index in [9.17, 15) is 0 Å². The summed E-state index contributed by atoms with van der Waals surface area (Å²) in [6.45, 7) is 4.09. The van der Waals surface area contributed by atoms with Crippen LogP contribution >= 0.6 is 0 Å². The van der Waals surface area contributed by atoms with Crippen LogP contribution in [0.25, 0.3) is 0 Å². The van der Waals surface area contributed by atoms with Crippen LogP contribution in [0, 0.1) is 0 Å². The molecule has 0 heterocycles. The van der Waals surface area contributed by atoms with Gasteiger partial charge in [-0.15, -0.1) is 0 Å². The number of oxime groups is 1. The highest BCUT2D eigenvalue weighted by atomic mass is 16.4. The third kappa shape index (κ3) is 7.58. The summed E-state index contributed by atoms with van der Waals surface area (Å²) in [5.74, 6) is 0. The average Bonchev–Trinajstić information content (AvgIpc) is 2.10. The number of nitrogens with zero attached hydrogens (tertiary/aromatic N) is 1. The molecule has 0 unspecified atom stereocenters. The summed E-state index contributed by atoms with van der Waals surface area (Å²) in [5, 5.41) is 11.5. The average molecular weight is 171 g/mol. The van der Waals surface area contributed by atoms with E-state index in [4.69, 9.17) is 5.21 Å². The van der Waals surface area contributed by atoms with Crippen molar-refractivity contribution in [1.29, 1.82) is 0 Å². The molecule has 1 N–H and O–H groups in total. The molecule has 0 aromatic rings. The molecule has 12 heavy (non-hydrogen) atoms. The van der Waals surface area contributed by atoms with E-state index >= 15 is 0 Å². The van der Waals surface area contributed by atoms with Crippen LogP contribution in [0.2, 0.25) is 0 Å². The van der Waals surface area contributed by atoms with E-state index in [1.165, 1.54) is 38.5 Å². The summed E-state index contributed by atoms with van der Waals surface area (Å²) >= 11 is 0. The molecule has 0 atom stereocenters. The lowest BCUT2D eigenvalue weighted by Crippen LogP contribution is -1.90. The van der Waals surface area contributed by atoms with Crippen molar-refractivity contribution < 1.29 is 5.21 Å². The maximum Gasteiger partial charge on any atom is 0.0540 e. The van der Waals surface area contributed by atoms with Gasteiger partial charge in [-0.3, -0.25) is 0 Å². The fourth-order valence-electron chi connectivity index (χ4n) is 1.21. The monoisotopic (exact) mass is 171 g/mol. The Morgan fingerprint density at radius 2 is 1.67 bits per heavy atom. The Morgan fingerprint density at radius 3 is 2.25 bits per heavy atom. The maximum atomic E-state index is 8.36. The molecule has 0 radical (unpaired) electrons. The van der Waals surface area contributed by atoms with E-state index in [1.54, 1.807) is 0 Å². The topological polar surface area (TPSA) is 32.6 Å². The highest BCUT2D eigenvalue weighted by Gasteiger charge is 1.92. The van der Waals surface area contributed by atoms with Crippen LogP contribution in [0.5, 0.6) is 0 Å². The van der Waals surface area contributed by atoms with Gasteiger partial charge in [-0.25, -0.2) is 0 Å². The first-order valence-electron chi connectivity index (χ1n) is 4.98. The first-order valence-corrected chi connectivity index (χ1v) is 4.98. The molecule has 0 saturated heterocycles. The fraction of sp³-hybridized carbons (Fsp3) is 0.900. The predicted octanol–water partition coefficient (Wildman–Crippen LogP) is 3.59. The van der Waals surface area contributed by atoms with E-state index in [1.807, 2.05) is 6.92 Å². The second-order valence-corrected chi connectivity index (χ2v) is 3.35. The smallest absolute Gasteiger partial charge is 0.0540 e. The molecule has 0 aliphatic heterocycles. The minimum absolute atomic E-state index is 0.852. The van der Waals surface area contributed by atoms with Crippen molar-refractivity contribution in [3.05, 3.63) is 0 Å². The number of unbranched alkanes of at least 4 members (excludes halogenated alkanes) is 5. The van der Waals surface area contributed by atoms with E-state index in [0.29, 0.717) is 0 Å². The van der Waals surface area contributed by atoms with E-state index in [-0.39, 0.29) is 0 Å². The quantitative estimate of drug-likeness (QED) is 0.270. The lowest BCUT2D eigenvalue weighted by atomic mass is 10.1. The first-order chi connectivity index (χ1) is 5.81. The van der Waals surface area contributed by atoms with E-state index in [2.05, 4.69) is 12.1 Å². The van der Waals surface area contributed by atoms with Crippen molar-refractivity contribution in [3.8, 4) is 0 Å². The molecule has 0 fully saturated rings. The largest absolute Gasteiger partial charge is 0.411 e. The molecule has 0 bridgehead atoms. The van der Waals surface area contributed by atoms with Crippen molar-refractivity contribution in [3.63, 3.8) is 0 Å². The van der Waals surface area contributed by atoms with Gasteiger partial charge in [-0.05, 0) is 19.8 Å². The Labute approximate surface area is 75.7 Å². The highest BCUT2D eigenvalue weighted by Crippen LogP contribution is 2.07. The molecule has 0 aromatic heterocycles. The Morgan fingerprint density at radius 1 is 1.08 bits per heavy atom. The third-order valence-electron chi connectivity index (χ3n) is 2.06. The van der Waals surface area contributed by atoms with Crippen molar-refractivity contribution >= 4 is 5.71 Å². The number of hydrogen-bond acceptors (Lipinski definition) is 2. The zero-order valence-corrected chi connectivity index (χ0v) is 8.34. The molecule has 0 aromatic carbocycles. The van der Waals surface area contributed by atoms with Crippen LogP contribution in [0.4, 0.5) is 0 Å². The van der Waals surface area contributed by atoms with Crippen LogP contribution in [0.15, 0.2) is 5.16 Å². The second kappa shape index (κ2) is 8.57.